The fourth-order valence-electron chi connectivity index (χ4n) is 2.90. The normalized spacial score (nSPS) is 37.2. The van der Waals surface area contributed by atoms with Crippen LogP contribution in [-0.4, -0.2) is 18.4 Å². The van der Waals surface area contributed by atoms with E-state index in [1.54, 1.807) is 0 Å². The van der Waals surface area contributed by atoms with Crippen LogP contribution in [0.1, 0.15) is 33.1 Å². The number of hydrogen-bond donors (Lipinski definition) is 0. The van der Waals surface area contributed by atoms with Crippen LogP contribution in [0.2, 0.25) is 0 Å². The SMILES string of the molecule is CCOC(=O)[C@@H]1C[C@@H]2CC=C[C@](C)(C1)C2=O. The molecule has 3 heteroatoms. The molecule has 0 spiro atoms. The van der Waals surface area contributed by atoms with Gasteiger partial charge in [0.2, 0.25) is 0 Å². The highest BCUT2D eigenvalue weighted by atomic mass is 16.5. The van der Waals surface area contributed by atoms with Crippen molar-refractivity contribution >= 4 is 11.8 Å². The number of ketones is 1. The van der Waals surface area contributed by atoms with Crippen LogP contribution < -0.4 is 0 Å². The van der Waals surface area contributed by atoms with Gasteiger partial charge >= 0.3 is 5.97 Å². The maximum atomic E-state index is 12.1. The van der Waals surface area contributed by atoms with Gasteiger partial charge in [-0.2, -0.15) is 0 Å². The summed E-state index contributed by atoms with van der Waals surface area (Å²) in [5.74, 6) is 0.0906. The van der Waals surface area contributed by atoms with Gasteiger partial charge in [-0.3, -0.25) is 9.59 Å². The van der Waals surface area contributed by atoms with Crippen molar-refractivity contribution in [2.45, 2.75) is 33.1 Å². The van der Waals surface area contributed by atoms with E-state index >= 15 is 0 Å². The van der Waals surface area contributed by atoms with Crippen molar-refractivity contribution in [1.82, 2.24) is 0 Å². The summed E-state index contributed by atoms with van der Waals surface area (Å²) < 4.78 is 5.05. The van der Waals surface area contributed by atoms with Crippen LogP contribution in [0.15, 0.2) is 12.2 Å². The molecule has 0 saturated heterocycles. The van der Waals surface area contributed by atoms with Crippen LogP contribution in [0, 0.1) is 17.3 Å². The summed E-state index contributed by atoms with van der Waals surface area (Å²) in [5, 5.41) is 0. The summed E-state index contributed by atoms with van der Waals surface area (Å²) in [6.45, 7) is 4.16. The van der Waals surface area contributed by atoms with Crippen molar-refractivity contribution in [2.24, 2.45) is 17.3 Å². The van der Waals surface area contributed by atoms with Crippen molar-refractivity contribution in [3.63, 3.8) is 0 Å². The Hall–Kier alpha value is -1.12. The summed E-state index contributed by atoms with van der Waals surface area (Å²) in [4.78, 5) is 23.8. The Labute approximate surface area is 95.9 Å². The van der Waals surface area contributed by atoms with Gasteiger partial charge in [-0.15, -0.1) is 0 Å². The Morgan fingerprint density at radius 1 is 1.62 bits per heavy atom. The van der Waals surface area contributed by atoms with Gasteiger partial charge in [-0.05, 0) is 33.1 Å². The molecule has 1 fully saturated rings. The standard InChI is InChI=1S/C13H18O3/c1-3-16-12(15)10-7-9-5-4-6-13(2,8-10)11(9)14/h4,6,9-10H,3,5,7-8H2,1-2H3/t9-,10+,13+/m0/s1. The van der Waals surface area contributed by atoms with Crippen molar-refractivity contribution in [2.75, 3.05) is 6.61 Å². The quantitative estimate of drug-likeness (QED) is 0.531. The number of esters is 1. The summed E-state index contributed by atoms with van der Waals surface area (Å²) in [6.07, 6.45) is 6.10. The highest BCUT2D eigenvalue weighted by molar-refractivity contribution is 5.92. The van der Waals surface area contributed by atoms with Crippen LogP contribution in [0.5, 0.6) is 0 Å². The minimum absolute atomic E-state index is 0.0261. The number of carbonyl (C=O) groups is 2. The van der Waals surface area contributed by atoms with Gasteiger partial charge < -0.3 is 4.74 Å². The molecule has 2 rings (SSSR count). The fraction of sp³-hybridized carbons (Fsp3) is 0.692. The summed E-state index contributed by atoms with van der Waals surface area (Å²) in [7, 11) is 0. The van der Waals surface area contributed by atoms with Gasteiger partial charge in [0.15, 0.2) is 0 Å². The van der Waals surface area contributed by atoms with Crippen molar-refractivity contribution in [3.8, 4) is 0 Å². The molecule has 0 aromatic carbocycles. The maximum absolute atomic E-state index is 12.1. The smallest absolute Gasteiger partial charge is 0.308 e. The second-order valence-corrected chi connectivity index (χ2v) is 5.01. The number of carbonyl (C=O) groups excluding carboxylic acids is 2. The van der Waals surface area contributed by atoms with Crippen LogP contribution in [-0.2, 0) is 14.3 Å². The molecule has 0 aliphatic heterocycles. The number of rotatable bonds is 2. The van der Waals surface area contributed by atoms with E-state index in [1.165, 1.54) is 0 Å². The third-order valence-electron chi connectivity index (χ3n) is 3.70. The molecule has 16 heavy (non-hydrogen) atoms. The van der Waals surface area contributed by atoms with Gasteiger partial charge in [-0.25, -0.2) is 0 Å². The van der Waals surface area contributed by atoms with Crippen molar-refractivity contribution in [3.05, 3.63) is 12.2 Å². The molecule has 0 radical (unpaired) electrons. The van der Waals surface area contributed by atoms with E-state index in [0.29, 0.717) is 25.2 Å². The van der Waals surface area contributed by atoms with E-state index in [-0.39, 0.29) is 17.8 Å². The van der Waals surface area contributed by atoms with Crippen molar-refractivity contribution < 1.29 is 14.3 Å². The lowest BCUT2D eigenvalue weighted by atomic mass is 9.62. The average Bonchev–Trinajstić information content (AvgIpc) is 2.21. The number of hydrogen-bond acceptors (Lipinski definition) is 3. The average molecular weight is 222 g/mol. The molecule has 3 nitrogen and oxygen atoms in total. The van der Waals surface area contributed by atoms with E-state index in [0.717, 1.165) is 6.42 Å². The molecule has 2 bridgehead atoms. The molecule has 1 saturated carbocycles. The number of allylic oxidation sites excluding steroid dienone is 2. The zero-order valence-electron chi connectivity index (χ0n) is 9.86. The first-order chi connectivity index (χ1) is 7.57. The van der Waals surface area contributed by atoms with E-state index in [2.05, 4.69) is 6.08 Å². The topological polar surface area (TPSA) is 43.4 Å². The Morgan fingerprint density at radius 3 is 3.00 bits per heavy atom. The zero-order chi connectivity index (χ0) is 11.8. The first-order valence-corrected chi connectivity index (χ1v) is 5.95. The number of ether oxygens (including phenoxy) is 1. The summed E-state index contributed by atoms with van der Waals surface area (Å²) in [5.41, 5.74) is -0.432. The number of Topliss-reactive ketones (excluding diaryl/α,β-unsaturated/α-hetero) is 1. The van der Waals surface area contributed by atoms with Gasteiger partial charge in [-0.1, -0.05) is 12.2 Å². The van der Waals surface area contributed by atoms with Gasteiger partial charge in [0.25, 0.3) is 0 Å². The highest BCUT2D eigenvalue weighted by Crippen LogP contribution is 2.45. The Bertz CT molecular complexity index is 345. The zero-order valence-corrected chi connectivity index (χ0v) is 9.86. The molecule has 0 aromatic heterocycles. The third-order valence-corrected chi connectivity index (χ3v) is 3.70. The largest absolute Gasteiger partial charge is 0.466 e. The predicted molar refractivity (Wildman–Crippen MR) is 59.7 cm³/mol. The first-order valence-electron chi connectivity index (χ1n) is 5.95. The van der Waals surface area contributed by atoms with E-state index in [1.807, 2.05) is 19.9 Å². The molecule has 0 heterocycles. The van der Waals surface area contributed by atoms with Gasteiger partial charge in [0.1, 0.15) is 5.78 Å². The molecular weight excluding hydrogens is 204 g/mol. The second-order valence-electron chi connectivity index (χ2n) is 5.01. The van der Waals surface area contributed by atoms with E-state index < -0.39 is 5.41 Å². The molecule has 3 atom stereocenters. The molecular formula is C13H18O3. The molecule has 2 aliphatic carbocycles. The van der Waals surface area contributed by atoms with Crippen LogP contribution in [0.25, 0.3) is 0 Å². The lowest BCUT2D eigenvalue weighted by Gasteiger charge is -2.40. The third kappa shape index (κ3) is 1.79. The first kappa shape index (κ1) is 11.4. The lowest BCUT2D eigenvalue weighted by Crippen LogP contribution is -2.44. The van der Waals surface area contributed by atoms with Gasteiger partial charge in [0, 0.05) is 11.3 Å². The number of fused-ring (bicyclic) bond motifs is 2. The second kappa shape index (κ2) is 4.04. The molecule has 0 amide bonds. The monoisotopic (exact) mass is 222 g/mol. The Balaban J connectivity index is 2.16. The predicted octanol–water partition coefficient (Wildman–Crippen LogP) is 2.11. The molecule has 0 N–H and O–H groups in total. The van der Waals surface area contributed by atoms with Crippen LogP contribution in [0.3, 0.4) is 0 Å². The summed E-state index contributed by atoms with van der Waals surface area (Å²) in [6, 6.07) is 0. The Morgan fingerprint density at radius 2 is 2.38 bits per heavy atom. The molecule has 88 valence electrons. The fourth-order valence-corrected chi connectivity index (χ4v) is 2.90. The highest BCUT2D eigenvalue weighted by Gasteiger charge is 2.47. The Kier molecular flexibility index (Phi) is 2.87. The summed E-state index contributed by atoms with van der Waals surface area (Å²) >= 11 is 0. The molecule has 0 aromatic rings. The molecule has 0 unspecified atom stereocenters. The minimum atomic E-state index is -0.432. The minimum Gasteiger partial charge on any atom is -0.466 e. The van der Waals surface area contributed by atoms with Gasteiger partial charge in [0.05, 0.1) is 12.5 Å². The lowest BCUT2D eigenvalue weighted by molar-refractivity contribution is -0.153. The van der Waals surface area contributed by atoms with E-state index in [4.69, 9.17) is 4.74 Å². The molecule has 2 aliphatic rings. The maximum Gasteiger partial charge on any atom is 0.308 e. The van der Waals surface area contributed by atoms with Crippen molar-refractivity contribution in [1.29, 1.82) is 0 Å². The van der Waals surface area contributed by atoms with E-state index in [9.17, 15) is 9.59 Å². The van der Waals surface area contributed by atoms with Crippen LogP contribution >= 0.6 is 0 Å². The van der Waals surface area contributed by atoms with Crippen LogP contribution in [0.4, 0.5) is 0 Å².